The molecule has 1 aliphatic rings. The Bertz CT molecular complexity index is 522. The number of hydrogen-bond acceptors (Lipinski definition) is 3. The molecule has 1 aliphatic heterocycles. The largest absolute Gasteiger partial charge is 0.492 e. The smallest absolute Gasteiger partial charge is 0.251 e. The third-order valence-electron chi connectivity index (χ3n) is 4.21. The van der Waals surface area contributed by atoms with Crippen molar-refractivity contribution >= 4 is 5.91 Å². The first-order valence-electron chi connectivity index (χ1n) is 8.86. The fourth-order valence-corrected chi connectivity index (χ4v) is 3.23. The van der Waals surface area contributed by atoms with Gasteiger partial charge in [0, 0.05) is 23.2 Å². The second-order valence-corrected chi connectivity index (χ2v) is 6.62. The summed E-state index contributed by atoms with van der Waals surface area (Å²) in [5.41, 5.74) is 1.81. The van der Waals surface area contributed by atoms with Crippen LogP contribution in [0.4, 0.5) is 0 Å². The summed E-state index contributed by atoms with van der Waals surface area (Å²) in [5.74, 6) is 0.865. The molecular formula is C19H30N2O2. The van der Waals surface area contributed by atoms with Crippen molar-refractivity contribution in [3.8, 4) is 5.75 Å². The van der Waals surface area contributed by atoms with Gasteiger partial charge in [-0.15, -0.1) is 0 Å². The fourth-order valence-electron chi connectivity index (χ4n) is 3.23. The zero-order chi connectivity index (χ0) is 16.8. The Morgan fingerprint density at radius 3 is 2.61 bits per heavy atom. The molecular weight excluding hydrogens is 288 g/mol. The van der Waals surface area contributed by atoms with Gasteiger partial charge in [-0.05, 0) is 58.3 Å². The van der Waals surface area contributed by atoms with Crippen LogP contribution in [0, 0.1) is 0 Å². The minimum Gasteiger partial charge on any atom is -0.492 e. The Morgan fingerprint density at radius 1 is 1.30 bits per heavy atom. The molecule has 128 valence electrons. The Labute approximate surface area is 140 Å². The third-order valence-corrected chi connectivity index (χ3v) is 4.21. The molecule has 4 heteroatoms. The molecule has 0 saturated carbocycles. The van der Waals surface area contributed by atoms with Gasteiger partial charge >= 0.3 is 0 Å². The number of hydrogen-bond donors (Lipinski definition) is 1. The molecule has 23 heavy (non-hydrogen) atoms. The molecule has 0 bridgehead atoms. The molecule has 0 spiro atoms. The minimum atomic E-state index is -0.00127. The van der Waals surface area contributed by atoms with Gasteiger partial charge in [0.25, 0.3) is 5.91 Å². The van der Waals surface area contributed by atoms with E-state index in [2.05, 4.69) is 24.1 Å². The van der Waals surface area contributed by atoms with E-state index < -0.39 is 0 Å². The second kappa shape index (κ2) is 8.34. The molecule has 1 aromatic rings. The van der Waals surface area contributed by atoms with Gasteiger partial charge in [-0.25, -0.2) is 0 Å². The maximum atomic E-state index is 12.5. The second-order valence-electron chi connectivity index (χ2n) is 6.62. The summed E-state index contributed by atoms with van der Waals surface area (Å²) < 4.78 is 5.98. The van der Waals surface area contributed by atoms with E-state index in [0.717, 1.165) is 49.2 Å². The lowest BCUT2D eigenvalue weighted by Gasteiger charge is -2.35. The number of amides is 1. The predicted octanol–water partition coefficient (Wildman–Crippen LogP) is 3.25. The minimum absolute atomic E-state index is 0.00127. The summed E-state index contributed by atoms with van der Waals surface area (Å²) >= 11 is 0. The van der Waals surface area contributed by atoms with E-state index in [1.165, 1.54) is 0 Å². The predicted molar refractivity (Wildman–Crippen MR) is 94.2 cm³/mol. The van der Waals surface area contributed by atoms with Crippen molar-refractivity contribution < 1.29 is 9.53 Å². The normalized spacial score (nSPS) is 17.0. The Hall–Kier alpha value is -1.55. The molecule has 1 atom stereocenters. The van der Waals surface area contributed by atoms with Gasteiger partial charge in [-0.3, -0.25) is 9.69 Å². The quantitative estimate of drug-likeness (QED) is 0.839. The highest BCUT2D eigenvalue weighted by Crippen LogP contribution is 2.30. The van der Waals surface area contributed by atoms with Gasteiger partial charge in [-0.1, -0.05) is 19.9 Å². The Balaban J connectivity index is 2.22. The number of carbonyl (C=O) groups excluding carboxylic acids is 1. The molecule has 0 aromatic heterocycles. The number of nitrogens with zero attached hydrogens (tertiary/aromatic N) is 1. The fraction of sp³-hybridized carbons (Fsp3) is 0.632. The van der Waals surface area contributed by atoms with Gasteiger partial charge in [0.05, 0.1) is 0 Å². The van der Waals surface area contributed by atoms with Gasteiger partial charge in [-0.2, -0.15) is 0 Å². The molecule has 0 aliphatic carbocycles. The lowest BCUT2D eigenvalue weighted by atomic mass is 9.95. The van der Waals surface area contributed by atoms with Gasteiger partial charge in [0.2, 0.25) is 0 Å². The SMILES string of the molecule is CCCN(CCC)[C@@H]1COc2cccc(C(=O)NC(C)C)c2C1. The van der Waals surface area contributed by atoms with E-state index in [1.54, 1.807) is 0 Å². The molecule has 2 rings (SSSR count). The van der Waals surface area contributed by atoms with Crippen LogP contribution in [0.3, 0.4) is 0 Å². The van der Waals surface area contributed by atoms with Crippen LogP contribution in [-0.2, 0) is 6.42 Å². The average Bonchev–Trinajstić information content (AvgIpc) is 2.53. The summed E-state index contributed by atoms with van der Waals surface area (Å²) in [6, 6.07) is 6.28. The molecule has 0 saturated heterocycles. The third kappa shape index (κ3) is 4.47. The molecule has 0 radical (unpaired) electrons. The van der Waals surface area contributed by atoms with E-state index >= 15 is 0 Å². The number of carbonyl (C=O) groups is 1. The standard InChI is InChI=1S/C19H30N2O2/c1-5-10-21(11-6-2)15-12-17-16(19(22)20-14(3)4)8-7-9-18(17)23-13-15/h7-9,14-15H,5-6,10-13H2,1-4H3,(H,20,22)/t15-/m0/s1. The van der Waals surface area contributed by atoms with Crippen LogP contribution in [0.2, 0.25) is 0 Å². The zero-order valence-corrected chi connectivity index (χ0v) is 14.9. The van der Waals surface area contributed by atoms with E-state index in [4.69, 9.17) is 4.74 Å². The molecule has 0 unspecified atom stereocenters. The van der Waals surface area contributed by atoms with E-state index in [9.17, 15) is 4.79 Å². The maximum absolute atomic E-state index is 12.5. The lowest BCUT2D eigenvalue weighted by molar-refractivity contribution is 0.0932. The van der Waals surface area contributed by atoms with Crippen molar-refractivity contribution in [1.82, 2.24) is 10.2 Å². The topological polar surface area (TPSA) is 41.6 Å². The Kier molecular flexibility index (Phi) is 6.46. The van der Waals surface area contributed by atoms with E-state index in [-0.39, 0.29) is 11.9 Å². The van der Waals surface area contributed by atoms with Crippen LogP contribution in [0.15, 0.2) is 18.2 Å². The summed E-state index contributed by atoms with van der Waals surface area (Å²) in [7, 11) is 0. The average molecular weight is 318 g/mol. The van der Waals surface area contributed by atoms with Crippen molar-refractivity contribution in [2.24, 2.45) is 0 Å². The van der Waals surface area contributed by atoms with Crippen molar-refractivity contribution in [2.45, 2.75) is 59.0 Å². The number of nitrogens with one attached hydrogen (secondary N) is 1. The Morgan fingerprint density at radius 2 is 2.00 bits per heavy atom. The van der Waals surface area contributed by atoms with Crippen molar-refractivity contribution in [3.63, 3.8) is 0 Å². The number of benzene rings is 1. The highest BCUT2D eigenvalue weighted by Gasteiger charge is 2.28. The summed E-state index contributed by atoms with van der Waals surface area (Å²) in [6.07, 6.45) is 3.16. The first kappa shape index (κ1) is 17.8. The molecule has 0 fully saturated rings. The van der Waals surface area contributed by atoms with Crippen molar-refractivity contribution in [1.29, 1.82) is 0 Å². The van der Waals surface area contributed by atoms with Crippen molar-refractivity contribution in [2.75, 3.05) is 19.7 Å². The molecule has 4 nitrogen and oxygen atoms in total. The van der Waals surface area contributed by atoms with E-state index in [1.807, 2.05) is 32.0 Å². The first-order chi connectivity index (χ1) is 11.1. The lowest BCUT2D eigenvalue weighted by Crippen LogP contribution is -2.44. The van der Waals surface area contributed by atoms with Crippen molar-refractivity contribution in [3.05, 3.63) is 29.3 Å². The highest BCUT2D eigenvalue weighted by atomic mass is 16.5. The number of ether oxygens (including phenoxy) is 1. The first-order valence-corrected chi connectivity index (χ1v) is 8.86. The monoisotopic (exact) mass is 318 g/mol. The molecule has 1 aromatic carbocycles. The molecule has 1 N–H and O–H groups in total. The van der Waals surface area contributed by atoms with Gasteiger partial charge in [0.1, 0.15) is 12.4 Å². The van der Waals surface area contributed by atoms with Crippen LogP contribution in [0.25, 0.3) is 0 Å². The number of fused-ring (bicyclic) bond motifs is 1. The summed E-state index contributed by atoms with van der Waals surface area (Å²) in [4.78, 5) is 15.0. The highest BCUT2D eigenvalue weighted by molar-refractivity contribution is 5.96. The molecule has 1 amide bonds. The zero-order valence-electron chi connectivity index (χ0n) is 14.9. The van der Waals surface area contributed by atoms with Crippen LogP contribution in [-0.4, -0.2) is 42.6 Å². The maximum Gasteiger partial charge on any atom is 0.251 e. The van der Waals surface area contributed by atoms with Crippen LogP contribution in [0.1, 0.15) is 56.5 Å². The van der Waals surface area contributed by atoms with Gasteiger partial charge < -0.3 is 10.1 Å². The van der Waals surface area contributed by atoms with Gasteiger partial charge in [0.15, 0.2) is 0 Å². The summed E-state index contributed by atoms with van der Waals surface area (Å²) in [5, 5.41) is 3.00. The van der Waals surface area contributed by atoms with Crippen LogP contribution >= 0.6 is 0 Å². The molecule has 1 heterocycles. The van der Waals surface area contributed by atoms with Crippen LogP contribution in [0.5, 0.6) is 5.75 Å². The summed E-state index contributed by atoms with van der Waals surface area (Å²) in [6.45, 7) is 11.3. The number of rotatable bonds is 7. The van der Waals surface area contributed by atoms with E-state index in [0.29, 0.717) is 12.6 Å². The van der Waals surface area contributed by atoms with Crippen LogP contribution < -0.4 is 10.1 Å².